The summed E-state index contributed by atoms with van der Waals surface area (Å²) in [5.74, 6) is -1.92. The molecule has 92 valence electrons. The Morgan fingerprint density at radius 1 is 1.29 bits per heavy atom. The Labute approximate surface area is 99.7 Å². The molecule has 0 spiro atoms. The first-order valence-corrected chi connectivity index (χ1v) is 5.96. The minimum Gasteiger partial charge on any atom is -0.478 e. The van der Waals surface area contributed by atoms with Crippen molar-refractivity contribution < 1.29 is 14.3 Å². The predicted molar refractivity (Wildman–Crippen MR) is 63.9 cm³/mol. The number of carboxylic acid groups (broad SMARTS) is 1. The number of carbonyl (C=O) groups is 1. The smallest absolute Gasteiger partial charge is 0.338 e. The molecule has 3 nitrogen and oxygen atoms in total. The van der Waals surface area contributed by atoms with Gasteiger partial charge >= 0.3 is 5.97 Å². The molecule has 2 N–H and O–H groups in total. The summed E-state index contributed by atoms with van der Waals surface area (Å²) in [6, 6.07) is 4.55. The second-order valence-electron chi connectivity index (χ2n) is 4.48. The Balaban J connectivity index is 2.10. The van der Waals surface area contributed by atoms with E-state index in [0.29, 0.717) is 11.7 Å². The number of rotatable bonds is 3. The van der Waals surface area contributed by atoms with E-state index in [-0.39, 0.29) is 5.56 Å². The largest absolute Gasteiger partial charge is 0.478 e. The quantitative estimate of drug-likeness (QED) is 0.848. The second kappa shape index (κ2) is 5.17. The Kier molecular flexibility index (Phi) is 3.61. The lowest BCUT2D eigenvalue weighted by atomic mass is 9.95. The van der Waals surface area contributed by atoms with Crippen molar-refractivity contribution in [2.24, 2.45) is 0 Å². The maximum absolute atomic E-state index is 13.2. The van der Waals surface area contributed by atoms with E-state index >= 15 is 0 Å². The van der Waals surface area contributed by atoms with Crippen LogP contribution in [0.3, 0.4) is 0 Å². The molecule has 4 heteroatoms. The van der Waals surface area contributed by atoms with Crippen LogP contribution in [0.5, 0.6) is 0 Å². The van der Waals surface area contributed by atoms with Gasteiger partial charge < -0.3 is 10.4 Å². The predicted octanol–water partition coefficient (Wildman–Crippen LogP) is 3.27. The highest BCUT2D eigenvalue weighted by Crippen LogP contribution is 2.22. The lowest BCUT2D eigenvalue weighted by molar-refractivity contribution is 0.0692. The highest BCUT2D eigenvalue weighted by Gasteiger charge is 2.15. The van der Waals surface area contributed by atoms with Gasteiger partial charge in [0.25, 0.3) is 0 Å². The molecule has 1 saturated carbocycles. The molecule has 1 aromatic rings. The highest BCUT2D eigenvalue weighted by molar-refractivity contribution is 5.89. The molecule has 0 saturated heterocycles. The fourth-order valence-corrected chi connectivity index (χ4v) is 2.26. The molecule has 1 aliphatic rings. The van der Waals surface area contributed by atoms with Crippen molar-refractivity contribution >= 4 is 11.7 Å². The first-order valence-electron chi connectivity index (χ1n) is 5.96. The number of hydrogen-bond donors (Lipinski definition) is 2. The third-order valence-corrected chi connectivity index (χ3v) is 3.17. The van der Waals surface area contributed by atoms with E-state index in [2.05, 4.69) is 5.32 Å². The lowest BCUT2D eigenvalue weighted by Gasteiger charge is -2.24. The van der Waals surface area contributed by atoms with Crippen LogP contribution in [-0.2, 0) is 0 Å². The highest BCUT2D eigenvalue weighted by atomic mass is 19.1. The standard InChI is InChI=1S/C13H16FNO2/c14-12-7-6-10(8-11(12)13(16)17)15-9-4-2-1-3-5-9/h6-9,15H,1-5H2,(H,16,17). The van der Waals surface area contributed by atoms with Crippen molar-refractivity contribution in [1.29, 1.82) is 0 Å². The fraction of sp³-hybridized carbons (Fsp3) is 0.462. The SMILES string of the molecule is O=C(O)c1cc(NC2CCCCC2)ccc1F. The molecule has 1 aliphatic carbocycles. The Morgan fingerprint density at radius 2 is 2.00 bits per heavy atom. The van der Waals surface area contributed by atoms with E-state index in [0.717, 1.165) is 12.8 Å². The van der Waals surface area contributed by atoms with Crippen molar-refractivity contribution in [2.75, 3.05) is 5.32 Å². The van der Waals surface area contributed by atoms with Gasteiger partial charge in [0.1, 0.15) is 5.82 Å². The number of aromatic carboxylic acids is 1. The van der Waals surface area contributed by atoms with Gasteiger partial charge in [0.2, 0.25) is 0 Å². The monoisotopic (exact) mass is 237 g/mol. The van der Waals surface area contributed by atoms with Crippen LogP contribution < -0.4 is 5.32 Å². The van der Waals surface area contributed by atoms with Gasteiger partial charge in [0.05, 0.1) is 5.56 Å². The molecule has 0 aromatic heterocycles. The molecule has 1 aromatic carbocycles. The molecule has 0 bridgehead atoms. The normalized spacial score (nSPS) is 16.8. The number of halogens is 1. The van der Waals surface area contributed by atoms with E-state index in [1.165, 1.54) is 31.4 Å². The molecule has 0 radical (unpaired) electrons. The van der Waals surface area contributed by atoms with E-state index in [9.17, 15) is 9.18 Å². The van der Waals surface area contributed by atoms with Crippen LogP contribution in [0.1, 0.15) is 42.5 Å². The maximum Gasteiger partial charge on any atom is 0.338 e. The number of hydrogen-bond acceptors (Lipinski definition) is 2. The van der Waals surface area contributed by atoms with Gasteiger partial charge in [-0.25, -0.2) is 9.18 Å². The molecule has 0 unspecified atom stereocenters. The third kappa shape index (κ3) is 2.96. The van der Waals surface area contributed by atoms with Crippen molar-refractivity contribution in [3.8, 4) is 0 Å². The summed E-state index contributed by atoms with van der Waals surface area (Å²) in [6.45, 7) is 0. The number of anilines is 1. The minimum absolute atomic E-state index is 0.272. The average Bonchev–Trinajstić information content (AvgIpc) is 2.32. The van der Waals surface area contributed by atoms with Gasteiger partial charge in [0, 0.05) is 11.7 Å². The first-order chi connectivity index (χ1) is 8.16. The number of benzene rings is 1. The van der Waals surface area contributed by atoms with Gasteiger partial charge in [-0.1, -0.05) is 19.3 Å². The first kappa shape index (κ1) is 11.9. The van der Waals surface area contributed by atoms with Crippen LogP contribution in [0.25, 0.3) is 0 Å². The van der Waals surface area contributed by atoms with E-state index in [1.54, 1.807) is 6.07 Å². The molecule has 1 fully saturated rings. The van der Waals surface area contributed by atoms with Crippen molar-refractivity contribution in [2.45, 2.75) is 38.1 Å². The summed E-state index contributed by atoms with van der Waals surface area (Å²) in [7, 11) is 0. The average molecular weight is 237 g/mol. The molecular weight excluding hydrogens is 221 g/mol. The molecule has 0 amide bonds. The van der Waals surface area contributed by atoms with Crippen LogP contribution in [-0.4, -0.2) is 17.1 Å². The summed E-state index contributed by atoms with van der Waals surface area (Å²) in [5.41, 5.74) is 0.418. The van der Waals surface area contributed by atoms with Crippen molar-refractivity contribution in [3.05, 3.63) is 29.6 Å². The van der Waals surface area contributed by atoms with Crippen LogP contribution in [0.4, 0.5) is 10.1 Å². The van der Waals surface area contributed by atoms with Crippen LogP contribution in [0.15, 0.2) is 18.2 Å². The van der Waals surface area contributed by atoms with E-state index in [4.69, 9.17) is 5.11 Å². The van der Waals surface area contributed by atoms with Gasteiger partial charge in [-0.3, -0.25) is 0 Å². The van der Waals surface area contributed by atoms with Gasteiger partial charge in [0.15, 0.2) is 0 Å². The molecule has 0 atom stereocenters. The fourth-order valence-electron chi connectivity index (χ4n) is 2.26. The van der Waals surface area contributed by atoms with E-state index < -0.39 is 11.8 Å². The van der Waals surface area contributed by atoms with Crippen LogP contribution in [0, 0.1) is 5.82 Å². The van der Waals surface area contributed by atoms with Gasteiger partial charge in [-0.15, -0.1) is 0 Å². The third-order valence-electron chi connectivity index (χ3n) is 3.17. The minimum atomic E-state index is -1.23. The van der Waals surface area contributed by atoms with Crippen LogP contribution in [0.2, 0.25) is 0 Å². The van der Waals surface area contributed by atoms with Gasteiger partial charge in [-0.05, 0) is 31.0 Å². The Hall–Kier alpha value is -1.58. The van der Waals surface area contributed by atoms with Gasteiger partial charge in [-0.2, -0.15) is 0 Å². The maximum atomic E-state index is 13.2. The number of carboxylic acids is 1. The summed E-state index contributed by atoms with van der Waals surface area (Å²) < 4.78 is 13.2. The molecular formula is C13H16FNO2. The van der Waals surface area contributed by atoms with Crippen LogP contribution >= 0.6 is 0 Å². The zero-order valence-electron chi connectivity index (χ0n) is 9.58. The van der Waals surface area contributed by atoms with Crippen molar-refractivity contribution in [3.63, 3.8) is 0 Å². The number of nitrogens with one attached hydrogen (secondary N) is 1. The Morgan fingerprint density at radius 3 is 2.65 bits per heavy atom. The zero-order chi connectivity index (χ0) is 12.3. The molecule has 0 aliphatic heterocycles. The summed E-state index contributed by atoms with van der Waals surface area (Å²) in [4.78, 5) is 10.8. The zero-order valence-corrected chi connectivity index (χ0v) is 9.58. The summed E-state index contributed by atoms with van der Waals surface area (Å²) >= 11 is 0. The molecule has 2 rings (SSSR count). The summed E-state index contributed by atoms with van der Waals surface area (Å²) in [6.07, 6.45) is 5.86. The molecule has 0 heterocycles. The lowest BCUT2D eigenvalue weighted by Crippen LogP contribution is -2.22. The summed E-state index contributed by atoms with van der Waals surface area (Å²) in [5, 5.41) is 12.1. The molecule has 17 heavy (non-hydrogen) atoms. The Bertz CT molecular complexity index is 414. The topological polar surface area (TPSA) is 49.3 Å². The van der Waals surface area contributed by atoms with E-state index in [1.807, 2.05) is 0 Å². The second-order valence-corrected chi connectivity index (χ2v) is 4.48. The van der Waals surface area contributed by atoms with Crippen molar-refractivity contribution in [1.82, 2.24) is 0 Å².